The van der Waals surface area contributed by atoms with Gasteiger partial charge in [-0.2, -0.15) is 10.4 Å². The first-order valence-electron chi connectivity index (χ1n) is 12.4. The van der Waals surface area contributed by atoms with Gasteiger partial charge in [0, 0.05) is 50.6 Å². The summed E-state index contributed by atoms with van der Waals surface area (Å²) in [7, 11) is 1.72. The molecule has 0 spiro atoms. The number of nitriles is 1. The lowest BCUT2D eigenvalue weighted by atomic mass is 10.1. The lowest BCUT2D eigenvalue weighted by Gasteiger charge is -2.35. The van der Waals surface area contributed by atoms with E-state index in [4.69, 9.17) is 21.6 Å². The Hall–Kier alpha value is -2.32. The summed E-state index contributed by atoms with van der Waals surface area (Å²) >= 11 is 7.92. The van der Waals surface area contributed by atoms with Gasteiger partial charge in [-0.05, 0) is 62.8 Å². The van der Waals surface area contributed by atoms with Gasteiger partial charge in [0.15, 0.2) is 0 Å². The van der Waals surface area contributed by atoms with Crippen molar-refractivity contribution in [1.82, 2.24) is 14.1 Å². The third kappa shape index (κ3) is 6.91. The molecule has 3 fully saturated rings. The summed E-state index contributed by atoms with van der Waals surface area (Å²) in [5, 5.41) is 16.4. The van der Waals surface area contributed by atoms with Gasteiger partial charge in [-0.3, -0.25) is 4.79 Å². The Bertz CT molecular complexity index is 1090. The van der Waals surface area contributed by atoms with Gasteiger partial charge < -0.3 is 14.4 Å². The highest BCUT2D eigenvalue weighted by Crippen LogP contribution is 2.39. The Morgan fingerprint density at radius 2 is 1.94 bits per heavy atom. The van der Waals surface area contributed by atoms with Crippen molar-refractivity contribution in [1.29, 1.82) is 5.26 Å². The molecule has 1 N–H and O–H groups in total. The number of nitrogens with zero attached hydrogens (tertiary/aromatic N) is 5. The maximum Gasteiger partial charge on any atom is 0.287 e. The predicted octanol–water partition coefficient (Wildman–Crippen LogP) is 4.81. The number of ether oxygens (including phenoxy) is 1. The third-order valence-electron chi connectivity index (χ3n) is 6.42. The van der Waals surface area contributed by atoms with Crippen LogP contribution in [0.25, 0.3) is 0 Å². The Kier molecular flexibility index (Phi) is 9.48. The molecule has 11 heteroatoms. The fraction of sp³-hybridized carbons (Fsp3) is 0.560. The molecule has 0 radical (unpaired) electrons. The molecule has 1 saturated carbocycles. The molecule has 0 amide bonds. The summed E-state index contributed by atoms with van der Waals surface area (Å²) in [4.78, 5) is 12.5. The molecule has 3 aliphatic rings. The van der Waals surface area contributed by atoms with Crippen molar-refractivity contribution < 1.29 is 9.13 Å². The van der Waals surface area contributed by atoms with E-state index in [2.05, 4.69) is 25.1 Å². The Morgan fingerprint density at radius 3 is 2.47 bits per heavy atom. The average Bonchev–Trinajstić information content (AvgIpc) is 3.76. The van der Waals surface area contributed by atoms with Crippen molar-refractivity contribution in [2.75, 3.05) is 43.0 Å². The van der Waals surface area contributed by atoms with E-state index < -0.39 is 6.17 Å². The molecular formula is C25H32ClFN6O2S. The summed E-state index contributed by atoms with van der Waals surface area (Å²) in [5.74, 6) is 0. The van der Waals surface area contributed by atoms with Crippen molar-refractivity contribution >= 4 is 35.1 Å². The first-order valence-corrected chi connectivity index (χ1v) is 13.5. The number of alkyl halides is 1. The Balaban J connectivity index is 0.000000375. The maximum absolute atomic E-state index is 12.5. The van der Waals surface area contributed by atoms with Crippen LogP contribution in [-0.4, -0.2) is 59.7 Å². The number of rotatable bonds is 6. The van der Waals surface area contributed by atoms with Crippen molar-refractivity contribution in [3.05, 3.63) is 51.4 Å². The van der Waals surface area contributed by atoms with Crippen LogP contribution in [0.3, 0.4) is 0 Å². The van der Waals surface area contributed by atoms with Crippen LogP contribution >= 0.6 is 23.7 Å². The van der Waals surface area contributed by atoms with Crippen LogP contribution in [0.15, 0.2) is 35.3 Å². The van der Waals surface area contributed by atoms with Gasteiger partial charge in [-0.25, -0.2) is 13.4 Å². The van der Waals surface area contributed by atoms with Gasteiger partial charge in [0.2, 0.25) is 0 Å². The molecule has 1 aliphatic carbocycles. The SMILES string of the molecule is CNc1cnn(C2CCN(SN(c3ccc(C#N)cc3)C3CC3)CC2)c(=O)c1Cl.FC1CCCOC1. The van der Waals surface area contributed by atoms with E-state index in [1.54, 1.807) is 25.4 Å². The molecule has 8 nitrogen and oxygen atoms in total. The zero-order valence-corrected chi connectivity index (χ0v) is 22.0. The topological polar surface area (TPSA) is 86.4 Å². The molecule has 3 heterocycles. The van der Waals surface area contributed by atoms with Gasteiger partial charge in [-0.1, -0.05) is 11.6 Å². The number of hydrogen-bond donors (Lipinski definition) is 1. The minimum atomic E-state index is -0.686. The second-order valence-corrected chi connectivity index (χ2v) is 10.6. The van der Waals surface area contributed by atoms with Crippen LogP contribution in [0.1, 0.15) is 50.1 Å². The number of nitrogens with one attached hydrogen (secondary N) is 1. The Labute approximate surface area is 220 Å². The highest BCUT2D eigenvalue weighted by molar-refractivity contribution is 7.98. The third-order valence-corrected chi connectivity index (χ3v) is 8.07. The molecule has 1 aromatic carbocycles. The van der Waals surface area contributed by atoms with Gasteiger partial charge in [0.1, 0.15) is 11.2 Å². The number of piperidine rings is 1. The van der Waals surface area contributed by atoms with Crippen LogP contribution in [0, 0.1) is 11.3 Å². The summed E-state index contributed by atoms with van der Waals surface area (Å²) in [6, 6.07) is 10.6. The van der Waals surface area contributed by atoms with E-state index >= 15 is 0 Å². The average molecular weight is 535 g/mol. The number of aromatic nitrogens is 2. The van der Waals surface area contributed by atoms with Crippen LogP contribution < -0.4 is 15.2 Å². The minimum absolute atomic E-state index is 0.0621. The maximum atomic E-state index is 12.5. The van der Waals surface area contributed by atoms with Crippen molar-refractivity contribution in [2.45, 2.75) is 56.8 Å². The zero-order valence-electron chi connectivity index (χ0n) is 20.4. The number of hydrogen-bond acceptors (Lipinski definition) is 8. The summed E-state index contributed by atoms with van der Waals surface area (Å²) in [5.41, 5.74) is 2.13. The molecule has 36 heavy (non-hydrogen) atoms. The highest BCUT2D eigenvalue weighted by atomic mass is 35.5. The fourth-order valence-electron chi connectivity index (χ4n) is 4.19. The van der Waals surface area contributed by atoms with Crippen LogP contribution in [0.5, 0.6) is 0 Å². The van der Waals surface area contributed by atoms with E-state index in [-0.39, 0.29) is 16.6 Å². The fourth-order valence-corrected chi connectivity index (χ4v) is 5.60. The van der Waals surface area contributed by atoms with E-state index in [1.807, 2.05) is 24.3 Å². The van der Waals surface area contributed by atoms with Gasteiger partial charge >= 0.3 is 0 Å². The predicted molar refractivity (Wildman–Crippen MR) is 142 cm³/mol. The standard InChI is InChI=1S/C20H23ClN6OS.C5H9FO/c1-23-18-13-24-26(20(28)19(18)21)15-8-10-25(11-9-15)29-27(17-6-7-17)16-4-2-14(12-22)3-5-16;6-5-2-1-3-7-4-5/h2-5,13,15,17,23H,6-11H2,1H3;5H,1-4H2. The number of halogens is 2. The van der Waals surface area contributed by atoms with Crippen molar-refractivity contribution in [3.63, 3.8) is 0 Å². The van der Waals surface area contributed by atoms with Gasteiger partial charge in [-0.15, -0.1) is 0 Å². The van der Waals surface area contributed by atoms with E-state index in [0.717, 1.165) is 44.6 Å². The molecule has 0 bridgehead atoms. The zero-order chi connectivity index (χ0) is 25.5. The highest BCUT2D eigenvalue weighted by Gasteiger charge is 2.33. The minimum Gasteiger partial charge on any atom is -0.385 e. The van der Waals surface area contributed by atoms with Crippen molar-refractivity contribution in [3.8, 4) is 6.07 Å². The van der Waals surface area contributed by atoms with Crippen molar-refractivity contribution in [2.24, 2.45) is 0 Å². The van der Waals surface area contributed by atoms with E-state index in [1.165, 1.54) is 17.5 Å². The van der Waals surface area contributed by atoms with E-state index in [9.17, 15) is 9.18 Å². The number of benzene rings is 1. The van der Waals surface area contributed by atoms with Crippen LogP contribution in [0.2, 0.25) is 5.02 Å². The lowest BCUT2D eigenvalue weighted by molar-refractivity contribution is 0.0366. The molecule has 2 saturated heterocycles. The smallest absolute Gasteiger partial charge is 0.287 e. The summed E-state index contributed by atoms with van der Waals surface area (Å²) < 4.78 is 23.1. The molecular weight excluding hydrogens is 503 g/mol. The largest absolute Gasteiger partial charge is 0.385 e. The monoisotopic (exact) mass is 534 g/mol. The molecule has 1 atom stereocenters. The molecule has 1 aromatic heterocycles. The summed E-state index contributed by atoms with van der Waals surface area (Å²) in [6.07, 6.45) is 6.60. The first kappa shape index (κ1) is 26.7. The second kappa shape index (κ2) is 12.8. The first-order chi connectivity index (χ1) is 17.5. The Morgan fingerprint density at radius 1 is 1.22 bits per heavy atom. The molecule has 2 aliphatic heterocycles. The van der Waals surface area contributed by atoms with Gasteiger partial charge in [0.05, 0.1) is 36.2 Å². The van der Waals surface area contributed by atoms with Crippen LogP contribution in [0.4, 0.5) is 15.8 Å². The lowest BCUT2D eigenvalue weighted by Crippen LogP contribution is -2.38. The molecule has 5 rings (SSSR count). The quantitative estimate of drug-likeness (QED) is 0.528. The normalized spacial score (nSPS) is 20.7. The number of anilines is 2. The molecule has 1 unspecified atom stereocenters. The summed E-state index contributed by atoms with van der Waals surface area (Å²) in [6.45, 7) is 2.81. The van der Waals surface area contributed by atoms with E-state index in [0.29, 0.717) is 30.3 Å². The second-order valence-electron chi connectivity index (χ2n) is 9.14. The van der Waals surface area contributed by atoms with Crippen LogP contribution in [-0.2, 0) is 4.74 Å². The molecule has 194 valence electrons. The molecule has 2 aromatic rings. The van der Waals surface area contributed by atoms with Gasteiger partial charge in [0.25, 0.3) is 5.56 Å².